The number of hydrogen-bond acceptors (Lipinski definition) is 5. The number of methoxy groups -OCH3 is 1. The maximum absolute atomic E-state index is 13.5. The molecule has 0 amide bonds. The Hall–Kier alpha value is -1.15. The monoisotopic (exact) mass is 493 g/mol. The van der Waals surface area contributed by atoms with Crippen molar-refractivity contribution in [1.82, 2.24) is 9.21 Å². The predicted molar refractivity (Wildman–Crippen MR) is 142 cm³/mol. The minimum atomic E-state index is -3.32. The van der Waals surface area contributed by atoms with E-state index < -0.39 is 14.8 Å². The Bertz CT molecular complexity index is 827. The quantitative estimate of drug-likeness (QED) is 0.432. The third kappa shape index (κ3) is 6.74. The Labute approximate surface area is 208 Å². The zero-order chi connectivity index (χ0) is 24.6. The van der Waals surface area contributed by atoms with E-state index in [0.29, 0.717) is 32.5 Å². The number of hydrogen-bond donors (Lipinski definition) is 0. The lowest BCUT2D eigenvalue weighted by atomic mass is 9.93. The molecule has 1 aromatic rings. The van der Waals surface area contributed by atoms with E-state index in [9.17, 15) is 8.42 Å². The molecule has 2 saturated heterocycles. The first-order valence-corrected chi connectivity index (χ1v) is 14.8. The van der Waals surface area contributed by atoms with E-state index in [0.717, 1.165) is 45.1 Å². The Kier molecular flexibility index (Phi) is 10.3. The molecule has 2 fully saturated rings. The van der Waals surface area contributed by atoms with Gasteiger partial charge in [0.25, 0.3) is 0 Å². The average molecular weight is 494 g/mol. The van der Waals surface area contributed by atoms with E-state index >= 15 is 0 Å². The molecule has 0 spiro atoms. The van der Waals surface area contributed by atoms with Crippen molar-refractivity contribution in [3.63, 3.8) is 0 Å². The number of sulfonamides is 1. The van der Waals surface area contributed by atoms with Crippen molar-refractivity contribution >= 4 is 15.7 Å². The standard InChI is InChI=1S/C27H47N3O3S/c1-5-7-24(6-2)8-9-25-10-12-26(13-11-25)29-18-20-30(21-19-29)34(31,32)27(3)14-16-28(17-15-27)22-23-33-4/h10-13,24H,5-9,14-23H2,1-4H3. The van der Waals surface area contributed by atoms with Crippen molar-refractivity contribution in [2.75, 3.05) is 64.4 Å². The van der Waals surface area contributed by atoms with Gasteiger partial charge in [-0.3, -0.25) is 0 Å². The maximum atomic E-state index is 13.5. The molecule has 0 radical (unpaired) electrons. The van der Waals surface area contributed by atoms with Gasteiger partial charge in [-0.05, 0) is 69.3 Å². The van der Waals surface area contributed by atoms with E-state index in [4.69, 9.17) is 4.74 Å². The molecule has 0 aliphatic carbocycles. The van der Waals surface area contributed by atoms with Crippen molar-refractivity contribution in [2.45, 2.75) is 70.5 Å². The van der Waals surface area contributed by atoms with Gasteiger partial charge in [0, 0.05) is 45.5 Å². The summed E-state index contributed by atoms with van der Waals surface area (Å²) in [4.78, 5) is 4.64. The SMILES string of the molecule is CCCC(CC)CCc1ccc(N2CCN(S(=O)(=O)C3(C)CCN(CCOC)CC3)CC2)cc1. The van der Waals surface area contributed by atoms with Gasteiger partial charge < -0.3 is 14.5 Å². The van der Waals surface area contributed by atoms with Gasteiger partial charge >= 0.3 is 0 Å². The van der Waals surface area contributed by atoms with Gasteiger partial charge in [-0.1, -0.05) is 45.2 Å². The Morgan fingerprint density at radius 2 is 1.62 bits per heavy atom. The second-order valence-electron chi connectivity index (χ2n) is 10.4. The summed E-state index contributed by atoms with van der Waals surface area (Å²) >= 11 is 0. The Morgan fingerprint density at radius 3 is 2.18 bits per heavy atom. The number of nitrogens with zero attached hydrogens (tertiary/aromatic N) is 3. The molecule has 0 aromatic heterocycles. The van der Waals surface area contributed by atoms with Crippen LogP contribution in [-0.2, 0) is 21.2 Å². The number of piperidine rings is 1. The summed E-state index contributed by atoms with van der Waals surface area (Å²) in [5, 5.41) is 0. The smallest absolute Gasteiger partial charge is 0.219 e. The predicted octanol–water partition coefficient (Wildman–Crippen LogP) is 4.40. The highest BCUT2D eigenvalue weighted by molar-refractivity contribution is 7.90. The number of aryl methyl sites for hydroxylation is 1. The first kappa shape index (κ1) is 27.4. The molecular weight excluding hydrogens is 446 g/mol. The molecule has 2 aliphatic heterocycles. The number of ether oxygens (including phenoxy) is 1. The fourth-order valence-corrected chi connectivity index (χ4v) is 7.40. The summed E-state index contributed by atoms with van der Waals surface area (Å²) in [6.07, 6.45) is 7.66. The molecule has 2 heterocycles. The molecule has 194 valence electrons. The highest BCUT2D eigenvalue weighted by Gasteiger charge is 2.45. The Balaban J connectivity index is 1.50. The van der Waals surface area contributed by atoms with Crippen LogP contribution in [0.1, 0.15) is 64.9 Å². The van der Waals surface area contributed by atoms with Crippen molar-refractivity contribution < 1.29 is 13.2 Å². The van der Waals surface area contributed by atoms with Gasteiger partial charge in [0.2, 0.25) is 10.0 Å². The van der Waals surface area contributed by atoms with Crippen LogP contribution in [-0.4, -0.2) is 81.9 Å². The topological polar surface area (TPSA) is 53.1 Å². The number of rotatable bonds is 12. The average Bonchev–Trinajstić information content (AvgIpc) is 2.86. The molecular formula is C27H47N3O3S. The van der Waals surface area contributed by atoms with E-state index in [2.05, 4.69) is 47.9 Å². The van der Waals surface area contributed by atoms with Crippen LogP contribution in [0.5, 0.6) is 0 Å². The minimum absolute atomic E-state index is 0.572. The molecule has 1 atom stereocenters. The van der Waals surface area contributed by atoms with Crippen LogP contribution in [0.2, 0.25) is 0 Å². The summed E-state index contributed by atoms with van der Waals surface area (Å²) in [7, 11) is -1.60. The molecule has 7 heteroatoms. The molecule has 0 bridgehead atoms. The third-order valence-corrected chi connectivity index (χ3v) is 10.8. The van der Waals surface area contributed by atoms with Crippen LogP contribution in [0.15, 0.2) is 24.3 Å². The second kappa shape index (κ2) is 12.7. The number of anilines is 1. The number of benzene rings is 1. The van der Waals surface area contributed by atoms with Gasteiger partial charge in [-0.25, -0.2) is 8.42 Å². The van der Waals surface area contributed by atoms with Crippen LogP contribution in [0.3, 0.4) is 0 Å². The summed E-state index contributed by atoms with van der Waals surface area (Å²) in [6, 6.07) is 8.96. The lowest BCUT2D eigenvalue weighted by molar-refractivity contribution is 0.126. The summed E-state index contributed by atoms with van der Waals surface area (Å²) < 4.78 is 33.3. The summed E-state index contributed by atoms with van der Waals surface area (Å²) in [5.74, 6) is 0.833. The fraction of sp³-hybridized carbons (Fsp3) is 0.778. The van der Waals surface area contributed by atoms with Crippen molar-refractivity contribution in [2.24, 2.45) is 5.92 Å². The van der Waals surface area contributed by atoms with Crippen LogP contribution in [0.25, 0.3) is 0 Å². The molecule has 34 heavy (non-hydrogen) atoms. The normalized spacial score (nSPS) is 21.0. The second-order valence-corrected chi connectivity index (χ2v) is 12.9. The molecule has 0 N–H and O–H groups in total. The van der Waals surface area contributed by atoms with E-state index in [1.165, 1.54) is 36.9 Å². The zero-order valence-corrected chi connectivity index (χ0v) is 22.8. The van der Waals surface area contributed by atoms with Crippen LogP contribution in [0.4, 0.5) is 5.69 Å². The molecule has 2 aliphatic rings. The van der Waals surface area contributed by atoms with Crippen LogP contribution < -0.4 is 4.90 Å². The third-order valence-electron chi connectivity index (χ3n) is 8.14. The highest BCUT2D eigenvalue weighted by atomic mass is 32.2. The Morgan fingerprint density at radius 1 is 0.971 bits per heavy atom. The van der Waals surface area contributed by atoms with Gasteiger partial charge in [-0.2, -0.15) is 4.31 Å². The van der Waals surface area contributed by atoms with E-state index in [1.54, 1.807) is 11.4 Å². The fourth-order valence-electron chi connectivity index (χ4n) is 5.43. The maximum Gasteiger partial charge on any atom is 0.219 e. The summed E-state index contributed by atoms with van der Waals surface area (Å²) in [6.45, 7) is 12.4. The highest BCUT2D eigenvalue weighted by Crippen LogP contribution is 2.33. The summed E-state index contributed by atoms with van der Waals surface area (Å²) in [5.41, 5.74) is 2.61. The molecule has 6 nitrogen and oxygen atoms in total. The van der Waals surface area contributed by atoms with Gasteiger partial charge in [0.05, 0.1) is 11.4 Å². The van der Waals surface area contributed by atoms with E-state index in [1.807, 2.05) is 6.92 Å². The minimum Gasteiger partial charge on any atom is -0.383 e. The van der Waals surface area contributed by atoms with Gasteiger partial charge in [-0.15, -0.1) is 0 Å². The lowest BCUT2D eigenvalue weighted by Crippen LogP contribution is -2.57. The van der Waals surface area contributed by atoms with Crippen molar-refractivity contribution in [3.05, 3.63) is 29.8 Å². The number of piperazine rings is 1. The van der Waals surface area contributed by atoms with Crippen molar-refractivity contribution in [1.29, 1.82) is 0 Å². The van der Waals surface area contributed by atoms with Crippen LogP contribution in [0, 0.1) is 5.92 Å². The zero-order valence-electron chi connectivity index (χ0n) is 22.0. The van der Waals surface area contributed by atoms with Gasteiger partial charge in [0.1, 0.15) is 0 Å². The number of likely N-dealkylation sites (tertiary alicyclic amines) is 1. The first-order valence-electron chi connectivity index (χ1n) is 13.4. The van der Waals surface area contributed by atoms with Crippen molar-refractivity contribution in [3.8, 4) is 0 Å². The largest absolute Gasteiger partial charge is 0.383 e. The molecule has 1 aromatic carbocycles. The molecule has 3 rings (SSSR count). The van der Waals surface area contributed by atoms with Gasteiger partial charge in [0.15, 0.2) is 0 Å². The van der Waals surface area contributed by atoms with Crippen LogP contribution >= 0.6 is 0 Å². The first-order chi connectivity index (χ1) is 16.3. The lowest BCUT2D eigenvalue weighted by Gasteiger charge is -2.43. The van der Waals surface area contributed by atoms with E-state index in [-0.39, 0.29) is 0 Å². The molecule has 0 saturated carbocycles. The molecule has 1 unspecified atom stereocenters.